The molecular weight excluding hydrogens is 244 g/mol. The van der Waals surface area contributed by atoms with Gasteiger partial charge in [0.2, 0.25) is 0 Å². The molecule has 3 atom stereocenters. The summed E-state index contributed by atoms with van der Waals surface area (Å²) in [6, 6.07) is 12.4. The smallest absolute Gasteiger partial charge is 0.0475 e. The number of hydrogen-bond acceptors (Lipinski definition) is 2. The number of rotatable bonds is 4. The second kappa shape index (κ2) is 5.50. The summed E-state index contributed by atoms with van der Waals surface area (Å²) in [6.07, 6.45) is 4.29. The van der Waals surface area contributed by atoms with Crippen LogP contribution in [0.4, 0.5) is 0 Å². The summed E-state index contributed by atoms with van der Waals surface area (Å²) in [5.74, 6) is 0.959. The lowest BCUT2D eigenvalue weighted by Gasteiger charge is -2.37. The molecule has 1 aliphatic carbocycles. The van der Waals surface area contributed by atoms with Crippen LogP contribution in [0.5, 0.6) is 0 Å². The molecule has 1 saturated carbocycles. The second-order valence-electron chi connectivity index (χ2n) is 7.59. The van der Waals surface area contributed by atoms with Crippen molar-refractivity contribution in [1.29, 1.82) is 0 Å². The van der Waals surface area contributed by atoms with Crippen LogP contribution in [0.3, 0.4) is 0 Å². The standard InChI is InChI=1S/C18H28N2/c1-18(2,3)19-12-17(15-7-5-4-6-8-15)20-13-14-9-10-16(20)11-14/h4-8,14,16-17,19H,9-13H2,1-3H3. The predicted octanol–water partition coefficient (Wildman–Crippen LogP) is 3.60. The first-order valence-corrected chi connectivity index (χ1v) is 8.09. The summed E-state index contributed by atoms with van der Waals surface area (Å²) in [5, 5.41) is 3.72. The van der Waals surface area contributed by atoms with Crippen LogP contribution in [-0.4, -0.2) is 29.6 Å². The summed E-state index contributed by atoms with van der Waals surface area (Å²) in [6.45, 7) is 9.12. The van der Waals surface area contributed by atoms with Crippen molar-refractivity contribution >= 4 is 0 Å². The molecule has 2 nitrogen and oxygen atoms in total. The van der Waals surface area contributed by atoms with E-state index in [4.69, 9.17) is 0 Å². The average molecular weight is 272 g/mol. The number of nitrogens with zero attached hydrogens (tertiary/aromatic N) is 1. The van der Waals surface area contributed by atoms with E-state index >= 15 is 0 Å². The first-order chi connectivity index (χ1) is 9.53. The largest absolute Gasteiger partial charge is 0.310 e. The number of nitrogens with one attached hydrogen (secondary N) is 1. The second-order valence-corrected chi connectivity index (χ2v) is 7.59. The Kier molecular flexibility index (Phi) is 3.87. The Morgan fingerprint density at radius 1 is 1.20 bits per heavy atom. The maximum atomic E-state index is 3.72. The van der Waals surface area contributed by atoms with Gasteiger partial charge < -0.3 is 5.32 Å². The summed E-state index contributed by atoms with van der Waals surface area (Å²) >= 11 is 0. The highest BCUT2D eigenvalue weighted by atomic mass is 15.2. The molecule has 0 aromatic heterocycles. The summed E-state index contributed by atoms with van der Waals surface area (Å²) in [5.41, 5.74) is 1.66. The van der Waals surface area contributed by atoms with Gasteiger partial charge in [0.25, 0.3) is 0 Å². The number of likely N-dealkylation sites (tertiary alicyclic amines) is 1. The molecule has 2 bridgehead atoms. The molecule has 0 spiro atoms. The predicted molar refractivity (Wildman–Crippen MR) is 84.8 cm³/mol. The van der Waals surface area contributed by atoms with Crippen LogP contribution in [0.2, 0.25) is 0 Å². The molecule has 2 heteroatoms. The van der Waals surface area contributed by atoms with Crippen molar-refractivity contribution in [3.63, 3.8) is 0 Å². The third kappa shape index (κ3) is 3.07. The first-order valence-electron chi connectivity index (χ1n) is 8.09. The van der Waals surface area contributed by atoms with Crippen LogP contribution in [0.25, 0.3) is 0 Å². The SMILES string of the molecule is CC(C)(C)NCC(c1ccccc1)N1CC2CCC1C2. The van der Waals surface area contributed by atoms with Crippen molar-refractivity contribution in [3.05, 3.63) is 35.9 Å². The van der Waals surface area contributed by atoms with E-state index in [1.54, 1.807) is 0 Å². The first kappa shape index (κ1) is 14.1. The Morgan fingerprint density at radius 3 is 2.50 bits per heavy atom. The number of benzene rings is 1. The molecule has 1 aromatic rings. The van der Waals surface area contributed by atoms with Crippen LogP contribution in [0, 0.1) is 5.92 Å². The van der Waals surface area contributed by atoms with Gasteiger partial charge in [-0.05, 0) is 51.5 Å². The van der Waals surface area contributed by atoms with E-state index in [2.05, 4.69) is 61.3 Å². The Balaban J connectivity index is 1.77. The molecule has 3 rings (SSSR count). The number of fused-ring (bicyclic) bond motifs is 2. The third-order valence-corrected chi connectivity index (χ3v) is 4.86. The van der Waals surface area contributed by atoms with E-state index in [0.29, 0.717) is 6.04 Å². The zero-order chi connectivity index (χ0) is 14.2. The molecule has 1 aromatic carbocycles. The quantitative estimate of drug-likeness (QED) is 0.901. The molecule has 1 saturated heterocycles. The van der Waals surface area contributed by atoms with Gasteiger partial charge in [-0.25, -0.2) is 0 Å². The molecule has 0 radical (unpaired) electrons. The Morgan fingerprint density at radius 2 is 1.95 bits per heavy atom. The molecule has 20 heavy (non-hydrogen) atoms. The highest BCUT2D eigenvalue weighted by Crippen LogP contribution is 2.41. The van der Waals surface area contributed by atoms with Crippen LogP contribution < -0.4 is 5.32 Å². The number of piperidine rings is 1. The Bertz CT molecular complexity index is 434. The van der Waals surface area contributed by atoms with E-state index in [-0.39, 0.29) is 5.54 Å². The van der Waals surface area contributed by atoms with E-state index in [1.165, 1.54) is 31.4 Å². The van der Waals surface area contributed by atoms with Crippen molar-refractivity contribution in [2.24, 2.45) is 5.92 Å². The molecule has 110 valence electrons. The molecule has 2 aliphatic rings. The fraction of sp³-hybridized carbons (Fsp3) is 0.667. The van der Waals surface area contributed by atoms with Gasteiger partial charge in [-0.1, -0.05) is 30.3 Å². The van der Waals surface area contributed by atoms with Gasteiger partial charge in [0, 0.05) is 30.7 Å². The topological polar surface area (TPSA) is 15.3 Å². The summed E-state index contributed by atoms with van der Waals surface area (Å²) < 4.78 is 0. The molecule has 1 N–H and O–H groups in total. The van der Waals surface area contributed by atoms with Crippen LogP contribution in [0.1, 0.15) is 51.6 Å². The molecule has 0 amide bonds. The van der Waals surface area contributed by atoms with Crippen molar-refractivity contribution in [3.8, 4) is 0 Å². The lowest BCUT2D eigenvalue weighted by molar-refractivity contribution is 0.140. The highest BCUT2D eigenvalue weighted by Gasteiger charge is 2.41. The maximum absolute atomic E-state index is 3.72. The average Bonchev–Trinajstić information content (AvgIpc) is 3.01. The van der Waals surface area contributed by atoms with Crippen LogP contribution in [-0.2, 0) is 0 Å². The van der Waals surface area contributed by atoms with Crippen LogP contribution >= 0.6 is 0 Å². The van der Waals surface area contributed by atoms with Crippen molar-refractivity contribution in [1.82, 2.24) is 10.2 Å². The molecule has 2 fully saturated rings. The van der Waals surface area contributed by atoms with Gasteiger partial charge in [0.1, 0.15) is 0 Å². The zero-order valence-corrected chi connectivity index (χ0v) is 13.1. The molecule has 1 aliphatic heterocycles. The minimum absolute atomic E-state index is 0.186. The molecule has 3 unspecified atom stereocenters. The maximum Gasteiger partial charge on any atom is 0.0475 e. The summed E-state index contributed by atoms with van der Waals surface area (Å²) in [7, 11) is 0. The molecule has 1 heterocycles. The van der Waals surface area contributed by atoms with Crippen molar-refractivity contribution in [2.75, 3.05) is 13.1 Å². The normalized spacial score (nSPS) is 27.9. The molecular formula is C18H28N2. The Labute approximate surface area is 123 Å². The van der Waals surface area contributed by atoms with E-state index < -0.39 is 0 Å². The van der Waals surface area contributed by atoms with Crippen molar-refractivity contribution in [2.45, 2.75) is 57.7 Å². The Hall–Kier alpha value is -0.860. The highest BCUT2D eigenvalue weighted by molar-refractivity contribution is 5.21. The van der Waals surface area contributed by atoms with Crippen LogP contribution in [0.15, 0.2) is 30.3 Å². The summed E-state index contributed by atoms with van der Waals surface area (Å²) in [4.78, 5) is 2.77. The van der Waals surface area contributed by atoms with E-state index in [1.807, 2.05) is 0 Å². The third-order valence-electron chi connectivity index (χ3n) is 4.86. The van der Waals surface area contributed by atoms with E-state index in [9.17, 15) is 0 Å². The van der Waals surface area contributed by atoms with Gasteiger partial charge in [-0.2, -0.15) is 0 Å². The van der Waals surface area contributed by atoms with Gasteiger partial charge >= 0.3 is 0 Å². The minimum atomic E-state index is 0.186. The van der Waals surface area contributed by atoms with Gasteiger partial charge in [-0.15, -0.1) is 0 Å². The monoisotopic (exact) mass is 272 g/mol. The zero-order valence-electron chi connectivity index (χ0n) is 13.1. The van der Waals surface area contributed by atoms with Gasteiger partial charge in [-0.3, -0.25) is 4.90 Å². The minimum Gasteiger partial charge on any atom is -0.310 e. The van der Waals surface area contributed by atoms with E-state index in [0.717, 1.165) is 18.5 Å². The van der Waals surface area contributed by atoms with Gasteiger partial charge in [0.05, 0.1) is 0 Å². The van der Waals surface area contributed by atoms with Gasteiger partial charge in [0.15, 0.2) is 0 Å². The number of hydrogen-bond donors (Lipinski definition) is 1. The fourth-order valence-electron chi connectivity index (χ4n) is 3.85. The fourth-order valence-corrected chi connectivity index (χ4v) is 3.85. The lowest BCUT2D eigenvalue weighted by Crippen LogP contribution is -2.45. The van der Waals surface area contributed by atoms with Crippen molar-refractivity contribution < 1.29 is 0 Å². The lowest BCUT2D eigenvalue weighted by atomic mass is 10.00.